The van der Waals surface area contributed by atoms with Crippen LogP contribution in [0.25, 0.3) is 10.9 Å². The largest absolute Gasteiger partial charge is 0.366 e. The average Bonchev–Trinajstić information content (AvgIpc) is 2.91. The molecule has 0 radical (unpaired) electrons. The van der Waals surface area contributed by atoms with Gasteiger partial charge in [-0.1, -0.05) is 41.4 Å². The van der Waals surface area contributed by atoms with Gasteiger partial charge in [0.15, 0.2) is 0 Å². The highest BCUT2D eigenvalue weighted by Crippen LogP contribution is 2.31. The summed E-state index contributed by atoms with van der Waals surface area (Å²) in [5.41, 5.74) is 2.69. The minimum absolute atomic E-state index is 0.110. The molecule has 0 N–H and O–H groups in total. The van der Waals surface area contributed by atoms with Gasteiger partial charge in [0.2, 0.25) is 0 Å². The highest BCUT2D eigenvalue weighted by molar-refractivity contribution is 7.80. The molecule has 0 atom stereocenters. The number of hydrogen-bond acceptors (Lipinski definition) is 6. The number of pyridine rings is 1. The van der Waals surface area contributed by atoms with Crippen molar-refractivity contribution in [1.29, 1.82) is 5.26 Å². The van der Waals surface area contributed by atoms with E-state index in [9.17, 15) is 14.9 Å². The van der Waals surface area contributed by atoms with Gasteiger partial charge in [0, 0.05) is 43.7 Å². The van der Waals surface area contributed by atoms with E-state index in [4.69, 9.17) is 23.2 Å². The Bertz CT molecular complexity index is 1440. The molecule has 2 heterocycles. The summed E-state index contributed by atoms with van der Waals surface area (Å²) in [7, 11) is 4.00. The highest BCUT2D eigenvalue weighted by atomic mass is 35.5. The number of halogens is 2. The van der Waals surface area contributed by atoms with E-state index in [2.05, 4.69) is 28.5 Å². The van der Waals surface area contributed by atoms with Crippen molar-refractivity contribution < 1.29 is 4.79 Å². The molecule has 1 saturated heterocycles. The molecule has 10 heteroatoms. The standard InChI is InChI=1S/C28H31Cl2N5O2S/c1-32(2)9-5-10-35-25-7-4-3-6-20(25)26(22(18-31)28(35)37)33-11-13-34(14-12-33)27(36)21-17-24(30)23(29)16-19(21)8-15-38/h3-4,6-7,16-17,38H,5,8-15H2,1-2H3. The lowest BCUT2D eigenvalue weighted by Crippen LogP contribution is -2.49. The van der Waals surface area contributed by atoms with Crippen molar-refractivity contribution in [3.63, 3.8) is 0 Å². The lowest BCUT2D eigenvalue weighted by atomic mass is 10.0. The lowest BCUT2D eigenvalue weighted by Gasteiger charge is -2.37. The zero-order chi connectivity index (χ0) is 27.4. The molecule has 1 fully saturated rings. The SMILES string of the molecule is CN(C)CCCn1c(=O)c(C#N)c(N2CCN(C(=O)c3cc(Cl)c(Cl)cc3CCS)CC2)c2ccccc21. The van der Waals surface area contributed by atoms with E-state index >= 15 is 0 Å². The molecule has 1 aromatic heterocycles. The Balaban J connectivity index is 1.63. The first kappa shape index (κ1) is 28.3. The summed E-state index contributed by atoms with van der Waals surface area (Å²) >= 11 is 16.8. The van der Waals surface area contributed by atoms with E-state index in [0.717, 1.165) is 29.4 Å². The fourth-order valence-electron chi connectivity index (χ4n) is 5.00. The molecule has 0 saturated carbocycles. The third kappa shape index (κ3) is 5.81. The minimum Gasteiger partial charge on any atom is -0.366 e. The molecule has 200 valence electrons. The Morgan fingerprint density at radius 3 is 2.45 bits per heavy atom. The first-order valence-corrected chi connectivity index (χ1v) is 14.0. The van der Waals surface area contributed by atoms with E-state index < -0.39 is 0 Å². The summed E-state index contributed by atoms with van der Waals surface area (Å²) in [5.74, 6) is 0.471. The van der Waals surface area contributed by atoms with Crippen molar-refractivity contribution in [3.8, 4) is 6.07 Å². The maximum Gasteiger partial charge on any atom is 0.271 e. The second kappa shape index (κ2) is 12.4. The number of carbonyl (C=O) groups is 1. The summed E-state index contributed by atoms with van der Waals surface area (Å²) < 4.78 is 1.72. The zero-order valence-corrected chi connectivity index (χ0v) is 24.0. The molecule has 1 aliphatic heterocycles. The van der Waals surface area contributed by atoms with E-state index in [-0.39, 0.29) is 17.0 Å². The Hall–Kier alpha value is -2.70. The van der Waals surface area contributed by atoms with Crippen molar-refractivity contribution in [2.45, 2.75) is 19.4 Å². The number of piperazine rings is 1. The molecule has 0 bridgehead atoms. The number of rotatable bonds is 8. The number of nitriles is 1. The monoisotopic (exact) mass is 571 g/mol. The average molecular weight is 573 g/mol. The van der Waals surface area contributed by atoms with Crippen LogP contribution in [0.2, 0.25) is 10.0 Å². The predicted molar refractivity (Wildman–Crippen MR) is 158 cm³/mol. The smallest absolute Gasteiger partial charge is 0.271 e. The molecular weight excluding hydrogens is 541 g/mol. The van der Waals surface area contributed by atoms with Crippen LogP contribution in [-0.4, -0.2) is 72.8 Å². The third-order valence-corrected chi connectivity index (χ3v) is 7.83. The number of carbonyl (C=O) groups excluding carboxylic acids is 1. The van der Waals surface area contributed by atoms with E-state index in [1.165, 1.54) is 0 Å². The van der Waals surface area contributed by atoms with Crippen LogP contribution < -0.4 is 10.5 Å². The number of amides is 1. The summed E-state index contributed by atoms with van der Waals surface area (Å²) in [6.45, 7) is 3.27. The van der Waals surface area contributed by atoms with Crippen LogP contribution >= 0.6 is 35.8 Å². The van der Waals surface area contributed by atoms with Gasteiger partial charge in [-0.05, 0) is 63.0 Å². The van der Waals surface area contributed by atoms with Gasteiger partial charge in [0.1, 0.15) is 11.6 Å². The molecule has 2 aromatic carbocycles. The number of anilines is 1. The third-order valence-electron chi connectivity index (χ3n) is 6.89. The number of aryl methyl sites for hydroxylation is 2. The van der Waals surface area contributed by atoms with Crippen LogP contribution in [0.5, 0.6) is 0 Å². The van der Waals surface area contributed by atoms with Gasteiger partial charge in [0.25, 0.3) is 11.5 Å². The first-order chi connectivity index (χ1) is 18.3. The summed E-state index contributed by atoms with van der Waals surface area (Å²) in [5, 5.41) is 11.7. The number of benzene rings is 2. The Morgan fingerprint density at radius 2 is 1.79 bits per heavy atom. The maximum absolute atomic E-state index is 13.5. The minimum atomic E-state index is -0.273. The molecule has 38 heavy (non-hydrogen) atoms. The van der Waals surface area contributed by atoms with Crippen molar-refractivity contribution in [2.75, 3.05) is 57.5 Å². The van der Waals surface area contributed by atoms with Crippen molar-refractivity contribution >= 4 is 58.3 Å². The number of aromatic nitrogens is 1. The molecular formula is C28H31Cl2N5O2S. The fraction of sp³-hybridized carbons (Fsp3) is 0.393. The predicted octanol–water partition coefficient (Wildman–Crippen LogP) is 4.57. The topological polar surface area (TPSA) is 72.6 Å². The van der Waals surface area contributed by atoms with Crippen LogP contribution in [0.4, 0.5) is 5.69 Å². The lowest BCUT2D eigenvalue weighted by molar-refractivity contribution is 0.0746. The Labute approximate surface area is 238 Å². The molecule has 4 rings (SSSR count). The van der Waals surface area contributed by atoms with Crippen LogP contribution in [0.15, 0.2) is 41.2 Å². The van der Waals surface area contributed by atoms with Crippen LogP contribution in [0, 0.1) is 11.3 Å². The van der Waals surface area contributed by atoms with Crippen LogP contribution in [0.1, 0.15) is 27.9 Å². The van der Waals surface area contributed by atoms with Gasteiger partial charge < -0.3 is 19.3 Å². The summed E-state index contributed by atoms with van der Waals surface area (Å²) in [6.07, 6.45) is 1.40. The van der Waals surface area contributed by atoms with Crippen LogP contribution in [-0.2, 0) is 13.0 Å². The maximum atomic E-state index is 13.5. The van der Waals surface area contributed by atoms with Gasteiger partial charge in [-0.15, -0.1) is 0 Å². The molecule has 0 aliphatic carbocycles. The molecule has 1 aliphatic rings. The second-order valence-electron chi connectivity index (χ2n) is 9.64. The van der Waals surface area contributed by atoms with E-state index in [0.29, 0.717) is 66.2 Å². The van der Waals surface area contributed by atoms with Crippen molar-refractivity contribution in [2.24, 2.45) is 0 Å². The first-order valence-electron chi connectivity index (χ1n) is 12.6. The van der Waals surface area contributed by atoms with Gasteiger partial charge in [0.05, 0.1) is 21.2 Å². The second-order valence-corrected chi connectivity index (χ2v) is 10.9. The van der Waals surface area contributed by atoms with Gasteiger partial charge >= 0.3 is 0 Å². The number of thiol groups is 1. The van der Waals surface area contributed by atoms with E-state index in [1.54, 1.807) is 21.6 Å². The molecule has 0 spiro atoms. The quantitative estimate of drug-likeness (QED) is 0.401. The highest BCUT2D eigenvalue weighted by Gasteiger charge is 2.28. The number of nitrogens with zero attached hydrogens (tertiary/aromatic N) is 5. The van der Waals surface area contributed by atoms with E-state index in [1.807, 2.05) is 38.4 Å². The zero-order valence-electron chi connectivity index (χ0n) is 21.6. The molecule has 7 nitrogen and oxygen atoms in total. The summed E-state index contributed by atoms with van der Waals surface area (Å²) in [4.78, 5) is 32.8. The van der Waals surface area contributed by atoms with Crippen molar-refractivity contribution in [1.82, 2.24) is 14.4 Å². The molecule has 3 aromatic rings. The molecule has 1 amide bonds. The Kier molecular flexibility index (Phi) is 9.27. The fourth-order valence-corrected chi connectivity index (χ4v) is 5.59. The van der Waals surface area contributed by atoms with Gasteiger partial charge in [-0.2, -0.15) is 17.9 Å². The number of hydrogen-bond donors (Lipinski definition) is 1. The molecule has 0 unspecified atom stereocenters. The van der Waals surface area contributed by atoms with Gasteiger partial charge in [-0.25, -0.2) is 0 Å². The number of para-hydroxylation sites is 1. The van der Waals surface area contributed by atoms with Gasteiger partial charge in [-0.3, -0.25) is 9.59 Å². The van der Waals surface area contributed by atoms with Crippen molar-refractivity contribution in [3.05, 3.63) is 73.5 Å². The Morgan fingerprint density at radius 1 is 1.11 bits per heavy atom. The number of fused-ring (bicyclic) bond motifs is 1. The summed E-state index contributed by atoms with van der Waals surface area (Å²) in [6, 6.07) is 13.3. The van der Waals surface area contributed by atoms with Crippen LogP contribution in [0.3, 0.4) is 0 Å². The normalized spacial score (nSPS) is 13.8.